The number of Topliss-reactive ketones (excluding diaryl/α,β-unsaturated/α-hetero) is 1. The highest BCUT2D eigenvalue weighted by Gasteiger charge is 2.29. The molecule has 0 radical (unpaired) electrons. The number of hydrogen-bond acceptors (Lipinski definition) is 3. The van der Waals surface area contributed by atoms with Crippen molar-refractivity contribution in [2.75, 3.05) is 0 Å². The van der Waals surface area contributed by atoms with E-state index in [4.69, 9.17) is 9.84 Å². The molecule has 1 aliphatic heterocycles. The Kier molecular flexibility index (Phi) is 5.01. The van der Waals surface area contributed by atoms with Crippen molar-refractivity contribution < 1.29 is 9.53 Å². The Morgan fingerprint density at radius 1 is 0.848 bits per heavy atom. The Bertz CT molecular complexity index is 1420. The number of para-hydroxylation sites is 1. The maximum Gasteiger partial charge on any atom is 0.231 e. The lowest BCUT2D eigenvalue weighted by atomic mass is 9.95. The molecule has 4 heteroatoms. The number of allylic oxidation sites excluding steroid dienone is 1. The number of hydrogen-bond donors (Lipinski definition) is 0. The first-order valence-electron chi connectivity index (χ1n) is 11.1. The van der Waals surface area contributed by atoms with Crippen molar-refractivity contribution >= 4 is 11.9 Å². The number of aromatic nitrogens is 2. The molecule has 0 atom stereocenters. The van der Waals surface area contributed by atoms with Crippen LogP contribution in [-0.2, 0) is 0 Å². The third kappa shape index (κ3) is 3.68. The van der Waals surface area contributed by atoms with E-state index in [1.54, 1.807) is 0 Å². The van der Waals surface area contributed by atoms with Crippen LogP contribution in [0.25, 0.3) is 23.0 Å². The van der Waals surface area contributed by atoms with E-state index in [9.17, 15) is 4.79 Å². The number of rotatable bonds is 3. The predicted octanol–water partition coefficient (Wildman–Crippen LogP) is 6.70. The van der Waals surface area contributed by atoms with Gasteiger partial charge in [0.1, 0.15) is 11.4 Å². The van der Waals surface area contributed by atoms with E-state index in [1.165, 1.54) is 5.56 Å². The smallest absolute Gasteiger partial charge is 0.231 e. The fraction of sp³-hybridized carbons (Fsp3) is 0.172. The van der Waals surface area contributed by atoms with Crippen molar-refractivity contribution in [3.8, 4) is 22.7 Å². The van der Waals surface area contributed by atoms with Crippen LogP contribution in [0.4, 0.5) is 0 Å². The summed E-state index contributed by atoms with van der Waals surface area (Å²) in [4.78, 5) is 13.1. The Labute approximate surface area is 194 Å². The number of benzene rings is 3. The summed E-state index contributed by atoms with van der Waals surface area (Å²) in [6, 6.07) is 18.2. The zero-order valence-electron chi connectivity index (χ0n) is 19.6. The van der Waals surface area contributed by atoms with Crippen LogP contribution < -0.4 is 4.74 Å². The van der Waals surface area contributed by atoms with Gasteiger partial charge in [-0.25, -0.2) is 4.68 Å². The molecule has 4 aromatic rings. The Balaban J connectivity index is 1.68. The van der Waals surface area contributed by atoms with Gasteiger partial charge in [0.05, 0.1) is 11.3 Å². The molecule has 0 aliphatic carbocycles. The van der Waals surface area contributed by atoms with Gasteiger partial charge in [0.25, 0.3) is 0 Å². The summed E-state index contributed by atoms with van der Waals surface area (Å²) in [7, 11) is 0. The van der Waals surface area contributed by atoms with Crippen LogP contribution >= 0.6 is 0 Å². The Morgan fingerprint density at radius 2 is 1.52 bits per heavy atom. The summed E-state index contributed by atoms with van der Waals surface area (Å²) in [5.74, 6) is 0.851. The zero-order chi connectivity index (χ0) is 23.3. The van der Waals surface area contributed by atoms with E-state index in [2.05, 4.69) is 32.9 Å². The molecule has 0 bridgehead atoms. The van der Waals surface area contributed by atoms with Gasteiger partial charge in [-0.3, -0.25) is 4.79 Å². The summed E-state index contributed by atoms with van der Waals surface area (Å²) < 4.78 is 7.88. The van der Waals surface area contributed by atoms with E-state index in [0.29, 0.717) is 17.1 Å². The molecule has 0 fully saturated rings. The molecule has 0 N–H and O–H groups in total. The van der Waals surface area contributed by atoms with Gasteiger partial charge in [-0.05, 0) is 87.2 Å². The maximum absolute atomic E-state index is 13.1. The van der Waals surface area contributed by atoms with Gasteiger partial charge >= 0.3 is 0 Å². The predicted molar refractivity (Wildman–Crippen MR) is 132 cm³/mol. The minimum Gasteiger partial charge on any atom is -0.452 e. The average Bonchev–Trinajstić information content (AvgIpc) is 3.30. The summed E-state index contributed by atoms with van der Waals surface area (Å²) in [6.07, 6.45) is 3.79. The monoisotopic (exact) mass is 434 g/mol. The summed E-state index contributed by atoms with van der Waals surface area (Å²) in [5, 5.41) is 4.95. The van der Waals surface area contributed by atoms with Crippen molar-refractivity contribution in [1.82, 2.24) is 9.78 Å². The van der Waals surface area contributed by atoms with Gasteiger partial charge in [-0.1, -0.05) is 35.9 Å². The van der Waals surface area contributed by atoms with Crippen LogP contribution in [0.3, 0.4) is 0 Å². The van der Waals surface area contributed by atoms with Crippen molar-refractivity contribution in [3.63, 3.8) is 0 Å². The molecule has 0 spiro atoms. The minimum atomic E-state index is -0.0936. The van der Waals surface area contributed by atoms with Crippen LogP contribution in [0.1, 0.15) is 43.7 Å². The second kappa shape index (κ2) is 7.89. The number of nitrogens with zero attached hydrogens (tertiary/aromatic N) is 2. The van der Waals surface area contributed by atoms with E-state index in [1.807, 2.05) is 73.3 Å². The van der Waals surface area contributed by atoms with E-state index < -0.39 is 0 Å². The fourth-order valence-electron chi connectivity index (χ4n) is 4.54. The molecule has 2 heterocycles. The average molecular weight is 435 g/mol. The Morgan fingerprint density at radius 3 is 2.21 bits per heavy atom. The number of carbonyl (C=O) groups is 1. The lowest BCUT2D eigenvalue weighted by Gasteiger charge is -2.10. The van der Waals surface area contributed by atoms with Gasteiger partial charge in [-0.15, -0.1) is 0 Å². The highest BCUT2D eigenvalue weighted by atomic mass is 16.5. The first-order chi connectivity index (χ1) is 15.8. The number of ketones is 1. The summed E-state index contributed by atoms with van der Waals surface area (Å²) in [6.45, 7) is 10.3. The van der Waals surface area contributed by atoms with Crippen LogP contribution in [0.15, 0.2) is 66.6 Å². The van der Waals surface area contributed by atoms with Crippen LogP contribution in [0.5, 0.6) is 5.75 Å². The molecule has 0 saturated heterocycles. The topological polar surface area (TPSA) is 44.1 Å². The van der Waals surface area contributed by atoms with Crippen molar-refractivity contribution in [1.29, 1.82) is 0 Å². The van der Waals surface area contributed by atoms with E-state index >= 15 is 0 Å². The van der Waals surface area contributed by atoms with Gasteiger partial charge in [0, 0.05) is 17.3 Å². The SMILES string of the molecule is Cc1cc(C)c(-c2nn(-c3ccccc3)cc2/C=C2\Oc3cc(C)c(C)cc3C2=O)c(C)c1. The second-order valence-corrected chi connectivity index (χ2v) is 8.86. The van der Waals surface area contributed by atoms with Gasteiger partial charge in [0.2, 0.25) is 5.78 Å². The molecule has 0 unspecified atom stereocenters. The number of aryl methyl sites for hydroxylation is 5. The highest BCUT2D eigenvalue weighted by Crippen LogP contribution is 2.36. The number of carbonyl (C=O) groups excluding carboxylic acids is 1. The molecule has 164 valence electrons. The van der Waals surface area contributed by atoms with Crippen molar-refractivity contribution in [2.45, 2.75) is 34.6 Å². The Hall–Kier alpha value is -3.92. The van der Waals surface area contributed by atoms with Crippen LogP contribution in [-0.4, -0.2) is 15.6 Å². The van der Waals surface area contributed by atoms with Gasteiger partial charge < -0.3 is 4.74 Å². The molecule has 0 amide bonds. The van der Waals surface area contributed by atoms with Gasteiger partial charge in [0.15, 0.2) is 5.76 Å². The minimum absolute atomic E-state index is 0.0936. The van der Waals surface area contributed by atoms with E-state index in [-0.39, 0.29) is 5.78 Å². The first-order valence-corrected chi connectivity index (χ1v) is 11.1. The van der Waals surface area contributed by atoms with Crippen LogP contribution in [0, 0.1) is 34.6 Å². The maximum atomic E-state index is 13.1. The molecule has 3 aromatic carbocycles. The zero-order valence-corrected chi connectivity index (χ0v) is 19.6. The first kappa shape index (κ1) is 21.0. The lowest BCUT2D eigenvalue weighted by Crippen LogP contribution is -1.99. The number of fused-ring (bicyclic) bond motifs is 1. The molecular formula is C29H26N2O2. The molecule has 1 aromatic heterocycles. The standard InChI is InChI=1S/C29H26N2O2/c1-17-11-20(4)27(21(5)12-17)28-22(16-31(30-28)23-9-7-6-8-10-23)15-26-29(32)24-13-18(2)19(3)14-25(24)33-26/h6-16H,1-5H3/b26-15-. The highest BCUT2D eigenvalue weighted by molar-refractivity contribution is 6.14. The number of ether oxygens (including phenoxy) is 1. The summed E-state index contributed by atoms with van der Waals surface area (Å²) >= 11 is 0. The molecule has 1 aliphatic rings. The fourth-order valence-corrected chi connectivity index (χ4v) is 4.54. The third-order valence-corrected chi connectivity index (χ3v) is 6.25. The van der Waals surface area contributed by atoms with Crippen LogP contribution in [0.2, 0.25) is 0 Å². The second-order valence-electron chi connectivity index (χ2n) is 8.86. The molecule has 0 saturated carbocycles. The van der Waals surface area contributed by atoms with Crippen molar-refractivity contribution in [2.24, 2.45) is 0 Å². The summed E-state index contributed by atoms with van der Waals surface area (Å²) in [5.41, 5.74) is 10.0. The quantitative estimate of drug-likeness (QED) is 0.337. The molecular weight excluding hydrogens is 408 g/mol. The molecule has 5 rings (SSSR count). The largest absolute Gasteiger partial charge is 0.452 e. The van der Waals surface area contributed by atoms with Crippen molar-refractivity contribution in [3.05, 3.63) is 105 Å². The third-order valence-electron chi connectivity index (χ3n) is 6.25. The molecule has 4 nitrogen and oxygen atoms in total. The van der Waals surface area contributed by atoms with E-state index in [0.717, 1.165) is 44.8 Å². The normalized spacial score (nSPS) is 14.0. The lowest BCUT2D eigenvalue weighted by molar-refractivity contribution is 0.101. The van der Waals surface area contributed by atoms with Gasteiger partial charge in [-0.2, -0.15) is 5.10 Å². The molecule has 33 heavy (non-hydrogen) atoms.